The molecule has 94 valence electrons. The van der Waals surface area contributed by atoms with Crippen molar-refractivity contribution >= 4 is 11.7 Å². The highest BCUT2D eigenvalue weighted by atomic mass is 16.5. The van der Waals surface area contributed by atoms with Gasteiger partial charge in [0.1, 0.15) is 0 Å². The summed E-state index contributed by atoms with van der Waals surface area (Å²) < 4.78 is 4.76. The lowest BCUT2D eigenvalue weighted by Crippen LogP contribution is -2.23. The molecule has 0 aromatic heterocycles. The van der Waals surface area contributed by atoms with Crippen molar-refractivity contribution in [3.8, 4) is 0 Å². The van der Waals surface area contributed by atoms with Gasteiger partial charge >= 0.3 is 5.97 Å². The molecular formula is C14H21NO2. The minimum absolute atomic E-state index is 0.0818. The Kier molecular flexibility index (Phi) is 5.01. The van der Waals surface area contributed by atoms with E-state index in [1.165, 1.54) is 18.2 Å². The van der Waals surface area contributed by atoms with Gasteiger partial charge < -0.3 is 10.1 Å². The minimum atomic E-state index is -0.149. The van der Waals surface area contributed by atoms with E-state index in [2.05, 4.69) is 31.3 Å². The van der Waals surface area contributed by atoms with Gasteiger partial charge in [-0.25, -0.2) is 0 Å². The molecule has 0 fully saturated rings. The number of benzene rings is 1. The molecule has 0 aliphatic carbocycles. The second kappa shape index (κ2) is 6.28. The Hall–Kier alpha value is -1.51. The maximum Gasteiger partial charge on any atom is 0.310 e. The van der Waals surface area contributed by atoms with E-state index >= 15 is 0 Å². The van der Waals surface area contributed by atoms with Crippen molar-refractivity contribution in [2.24, 2.45) is 5.92 Å². The normalized spacial score (nSPS) is 12.0. The van der Waals surface area contributed by atoms with E-state index in [-0.39, 0.29) is 11.9 Å². The summed E-state index contributed by atoms with van der Waals surface area (Å²) in [5.41, 5.74) is 3.58. The molecule has 0 heterocycles. The molecule has 0 radical (unpaired) electrons. The van der Waals surface area contributed by atoms with Crippen LogP contribution in [0.3, 0.4) is 0 Å². The number of esters is 1. The van der Waals surface area contributed by atoms with E-state index < -0.39 is 0 Å². The van der Waals surface area contributed by atoms with Crippen LogP contribution in [0.2, 0.25) is 0 Å². The number of anilines is 1. The van der Waals surface area contributed by atoms with Crippen LogP contribution in [0.1, 0.15) is 24.5 Å². The number of rotatable bonds is 5. The first kappa shape index (κ1) is 13.6. The Bertz CT molecular complexity index is 388. The molecule has 0 spiro atoms. The SMILES string of the molecule is CCC(CNc1ccc(C)c(C)c1)C(=O)OC. The van der Waals surface area contributed by atoms with Crippen molar-refractivity contribution < 1.29 is 9.53 Å². The molecule has 0 bridgehead atoms. The number of carbonyl (C=O) groups is 1. The van der Waals surface area contributed by atoms with Crippen LogP contribution >= 0.6 is 0 Å². The van der Waals surface area contributed by atoms with Gasteiger partial charge in [0.05, 0.1) is 13.0 Å². The van der Waals surface area contributed by atoms with Gasteiger partial charge in [0.25, 0.3) is 0 Å². The van der Waals surface area contributed by atoms with Crippen molar-refractivity contribution in [1.29, 1.82) is 0 Å². The summed E-state index contributed by atoms with van der Waals surface area (Å²) in [5, 5.41) is 3.28. The molecule has 0 aliphatic rings. The molecule has 1 rings (SSSR count). The lowest BCUT2D eigenvalue weighted by atomic mass is 10.1. The van der Waals surface area contributed by atoms with Crippen LogP contribution < -0.4 is 5.32 Å². The predicted octanol–water partition coefficient (Wildman–Crippen LogP) is 2.91. The number of hydrogen-bond acceptors (Lipinski definition) is 3. The summed E-state index contributed by atoms with van der Waals surface area (Å²) in [6.07, 6.45) is 0.782. The van der Waals surface area contributed by atoms with Crippen LogP contribution in [0.25, 0.3) is 0 Å². The fourth-order valence-corrected chi connectivity index (χ4v) is 1.65. The summed E-state index contributed by atoms with van der Waals surface area (Å²) in [7, 11) is 1.43. The number of aryl methyl sites for hydroxylation is 2. The molecule has 0 aliphatic heterocycles. The van der Waals surface area contributed by atoms with E-state index in [0.29, 0.717) is 6.54 Å². The molecular weight excluding hydrogens is 214 g/mol. The van der Waals surface area contributed by atoms with Gasteiger partial charge in [-0.05, 0) is 43.5 Å². The summed E-state index contributed by atoms with van der Waals surface area (Å²) in [6.45, 7) is 6.77. The number of methoxy groups -OCH3 is 1. The minimum Gasteiger partial charge on any atom is -0.469 e. The molecule has 0 amide bonds. The number of carbonyl (C=O) groups excluding carboxylic acids is 1. The van der Waals surface area contributed by atoms with E-state index in [0.717, 1.165) is 12.1 Å². The zero-order valence-electron chi connectivity index (χ0n) is 11.0. The fourth-order valence-electron chi connectivity index (χ4n) is 1.65. The third-order valence-corrected chi connectivity index (χ3v) is 3.09. The molecule has 1 aromatic carbocycles. The standard InChI is InChI=1S/C14H21NO2/c1-5-12(14(16)17-4)9-15-13-7-6-10(2)11(3)8-13/h6-8,12,15H,5,9H2,1-4H3. The van der Waals surface area contributed by atoms with Gasteiger partial charge in [0, 0.05) is 12.2 Å². The van der Waals surface area contributed by atoms with Crippen molar-refractivity contribution in [3.05, 3.63) is 29.3 Å². The number of ether oxygens (including phenoxy) is 1. The first-order valence-corrected chi connectivity index (χ1v) is 5.97. The third-order valence-electron chi connectivity index (χ3n) is 3.09. The smallest absolute Gasteiger partial charge is 0.310 e. The van der Waals surface area contributed by atoms with Gasteiger partial charge in [-0.2, -0.15) is 0 Å². The van der Waals surface area contributed by atoms with E-state index in [4.69, 9.17) is 4.74 Å². The lowest BCUT2D eigenvalue weighted by Gasteiger charge is -2.14. The largest absolute Gasteiger partial charge is 0.469 e. The van der Waals surface area contributed by atoms with Gasteiger partial charge in [0.15, 0.2) is 0 Å². The summed E-state index contributed by atoms with van der Waals surface area (Å²) in [5.74, 6) is -0.231. The molecule has 1 atom stereocenters. The van der Waals surface area contributed by atoms with E-state index in [1.807, 2.05) is 13.0 Å². The maximum absolute atomic E-state index is 11.4. The van der Waals surface area contributed by atoms with E-state index in [1.54, 1.807) is 0 Å². The van der Waals surface area contributed by atoms with Crippen LogP contribution in [0, 0.1) is 19.8 Å². The zero-order chi connectivity index (χ0) is 12.8. The van der Waals surface area contributed by atoms with Gasteiger partial charge in [-0.1, -0.05) is 13.0 Å². The Morgan fingerprint density at radius 3 is 2.59 bits per heavy atom. The monoisotopic (exact) mass is 235 g/mol. The molecule has 3 nitrogen and oxygen atoms in total. The molecule has 1 N–H and O–H groups in total. The van der Waals surface area contributed by atoms with Gasteiger partial charge in [-0.15, -0.1) is 0 Å². The van der Waals surface area contributed by atoms with Crippen LogP contribution in [-0.4, -0.2) is 19.6 Å². The number of hydrogen-bond donors (Lipinski definition) is 1. The number of nitrogens with one attached hydrogen (secondary N) is 1. The molecule has 17 heavy (non-hydrogen) atoms. The van der Waals surface area contributed by atoms with Crippen molar-refractivity contribution in [2.75, 3.05) is 19.0 Å². The van der Waals surface area contributed by atoms with Crippen LogP contribution in [-0.2, 0) is 9.53 Å². The Morgan fingerprint density at radius 2 is 2.06 bits per heavy atom. The highest BCUT2D eigenvalue weighted by Gasteiger charge is 2.16. The summed E-state index contributed by atoms with van der Waals surface area (Å²) in [4.78, 5) is 11.4. The first-order valence-electron chi connectivity index (χ1n) is 5.97. The Balaban J connectivity index is 2.59. The summed E-state index contributed by atoms with van der Waals surface area (Å²) >= 11 is 0. The Morgan fingerprint density at radius 1 is 1.35 bits per heavy atom. The topological polar surface area (TPSA) is 38.3 Å². The van der Waals surface area contributed by atoms with Crippen LogP contribution in [0.4, 0.5) is 5.69 Å². The predicted molar refractivity (Wildman–Crippen MR) is 70.2 cm³/mol. The molecule has 0 saturated heterocycles. The average Bonchev–Trinajstić information content (AvgIpc) is 2.33. The molecule has 1 unspecified atom stereocenters. The average molecular weight is 235 g/mol. The van der Waals surface area contributed by atoms with Gasteiger partial charge in [0.2, 0.25) is 0 Å². The van der Waals surface area contributed by atoms with Crippen molar-refractivity contribution in [3.63, 3.8) is 0 Å². The molecule has 0 saturated carbocycles. The lowest BCUT2D eigenvalue weighted by molar-refractivity contribution is -0.145. The van der Waals surface area contributed by atoms with Crippen LogP contribution in [0.5, 0.6) is 0 Å². The van der Waals surface area contributed by atoms with Gasteiger partial charge in [-0.3, -0.25) is 4.79 Å². The highest BCUT2D eigenvalue weighted by Crippen LogP contribution is 2.15. The fraction of sp³-hybridized carbons (Fsp3) is 0.500. The molecule has 3 heteroatoms. The maximum atomic E-state index is 11.4. The summed E-state index contributed by atoms with van der Waals surface area (Å²) in [6, 6.07) is 6.21. The van der Waals surface area contributed by atoms with Crippen LogP contribution in [0.15, 0.2) is 18.2 Å². The second-order valence-electron chi connectivity index (χ2n) is 4.31. The Labute approximate surface area is 103 Å². The molecule has 1 aromatic rings. The van der Waals surface area contributed by atoms with E-state index in [9.17, 15) is 4.79 Å². The first-order chi connectivity index (χ1) is 8.08. The van der Waals surface area contributed by atoms with Crippen molar-refractivity contribution in [2.45, 2.75) is 27.2 Å². The highest BCUT2D eigenvalue weighted by molar-refractivity contribution is 5.73. The quantitative estimate of drug-likeness (QED) is 0.797. The third kappa shape index (κ3) is 3.77. The second-order valence-corrected chi connectivity index (χ2v) is 4.31. The van der Waals surface area contributed by atoms with Crippen molar-refractivity contribution in [1.82, 2.24) is 0 Å². The zero-order valence-corrected chi connectivity index (χ0v) is 11.0.